The van der Waals surface area contributed by atoms with Gasteiger partial charge < -0.3 is 15.7 Å². The summed E-state index contributed by atoms with van der Waals surface area (Å²) in [6.07, 6.45) is 1.58. The van der Waals surface area contributed by atoms with Gasteiger partial charge in [-0.2, -0.15) is 0 Å². The van der Waals surface area contributed by atoms with Gasteiger partial charge in [0, 0.05) is 6.54 Å². The molecule has 0 spiro atoms. The van der Waals surface area contributed by atoms with Gasteiger partial charge in [0.2, 0.25) is 11.8 Å². The Balaban J connectivity index is 2.49. The highest BCUT2D eigenvalue weighted by atomic mass is 16.4. The molecule has 2 atom stereocenters. The van der Waals surface area contributed by atoms with Crippen molar-refractivity contribution in [1.82, 2.24) is 16.0 Å². The van der Waals surface area contributed by atoms with Crippen molar-refractivity contribution in [1.29, 1.82) is 0 Å². The number of carboxylic acids is 1. The SMILES string of the molecule is C=CCC(NC(=O)C1CNC(=O)CN1)C(=O)O. The van der Waals surface area contributed by atoms with Crippen LogP contribution >= 0.6 is 0 Å². The van der Waals surface area contributed by atoms with E-state index in [9.17, 15) is 14.4 Å². The zero-order valence-electron chi connectivity index (χ0n) is 9.23. The number of aliphatic carboxylic acids is 1. The fourth-order valence-electron chi connectivity index (χ4n) is 1.41. The molecule has 4 N–H and O–H groups in total. The first-order valence-corrected chi connectivity index (χ1v) is 5.18. The highest BCUT2D eigenvalue weighted by Gasteiger charge is 2.27. The van der Waals surface area contributed by atoms with Crippen molar-refractivity contribution < 1.29 is 19.5 Å². The molecule has 1 heterocycles. The Bertz CT molecular complexity index is 332. The van der Waals surface area contributed by atoms with E-state index in [1.807, 2.05) is 0 Å². The topological polar surface area (TPSA) is 108 Å². The molecule has 1 fully saturated rings. The summed E-state index contributed by atoms with van der Waals surface area (Å²) in [4.78, 5) is 33.3. The minimum Gasteiger partial charge on any atom is -0.480 e. The Morgan fingerprint density at radius 1 is 1.65 bits per heavy atom. The van der Waals surface area contributed by atoms with Crippen molar-refractivity contribution in [2.24, 2.45) is 0 Å². The number of carbonyl (C=O) groups is 3. The lowest BCUT2D eigenvalue weighted by Gasteiger charge is -2.24. The van der Waals surface area contributed by atoms with Gasteiger partial charge in [0.15, 0.2) is 0 Å². The van der Waals surface area contributed by atoms with E-state index in [-0.39, 0.29) is 25.4 Å². The van der Waals surface area contributed by atoms with Gasteiger partial charge in [-0.05, 0) is 6.42 Å². The Labute approximate surface area is 98.3 Å². The molecule has 2 amide bonds. The molecule has 0 saturated carbocycles. The number of carbonyl (C=O) groups excluding carboxylic acids is 2. The van der Waals surface area contributed by atoms with Crippen LogP contribution in [0.15, 0.2) is 12.7 Å². The molecule has 0 radical (unpaired) electrons. The molecule has 1 aliphatic rings. The van der Waals surface area contributed by atoms with Gasteiger partial charge in [0.05, 0.1) is 6.54 Å². The number of piperazine rings is 1. The molecule has 1 saturated heterocycles. The molecule has 17 heavy (non-hydrogen) atoms. The summed E-state index contributed by atoms with van der Waals surface area (Å²) in [7, 11) is 0. The van der Waals surface area contributed by atoms with Crippen LogP contribution in [0, 0.1) is 0 Å². The highest BCUT2D eigenvalue weighted by molar-refractivity contribution is 5.89. The van der Waals surface area contributed by atoms with Gasteiger partial charge in [0.25, 0.3) is 0 Å². The maximum absolute atomic E-state index is 11.7. The largest absolute Gasteiger partial charge is 0.480 e. The van der Waals surface area contributed by atoms with E-state index in [0.29, 0.717) is 0 Å². The minimum absolute atomic E-state index is 0.0529. The summed E-state index contributed by atoms with van der Waals surface area (Å²) in [5.41, 5.74) is 0. The predicted molar refractivity (Wildman–Crippen MR) is 59.2 cm³/mol. The average molecular weight is 241 g/mol. The van der Waals surface area contributed by atoms with Gasteiger partial charge in [0.1, 0.15) is 12.1 Å². The van der Waals surface area contributed by atoms with Crippen LogP contribution < -0.4 is 16.0 Å². The number of amides is 2. The number of hydrogen-bond acceptors (Lipinski definition) is 4. The van der Waals surface area contributed by atoms with Gasteiger partial charge in [-0.1, -0.05) is 6.08 Å². The van der Waals surface area contributed by atoms with Crippen molar-refractivity contribution in [2.75, 3.05) is 13.1 Å². The molecule has 0 aromatic heterocycles. The molecule has 0 aliphatic carbocycles. The van der Waals surface area contributed by atoms with Crippen LogP contribution in [0.2, 0.25) is 0 Å². The first-order chi connectivity index (χ1) is 8.04. The first kappa shape index (κ1) is 13.2. The van der Waals surface area contributed by atoms with E-state index in [4.69, 9.17) is 5.11 Å². The van der Waals surface area contributed by atoms with Crippen LogP contribution in [0.25, 0.3) is 0 Å². The number of hydrogen-bond donors (Lipinski definition) is 4. The molecule has 94 valence electrons. The summed E-state index contributed by atoms with van der Waals surface area (Å²) in [6.45, 7) is 3.64. The van der Waals surface area contributed by atoms with Gasteiger partial charge in [-0.25, -0.2) is 4.79 Å². The Morgan fingerprint density at radius 2 is 2.35 bits per heavy atom. The summed E-state index contributed by atoms with van der Waals surface area (Å²) in [6, 6.07) is -1.58. The molecule has 2 unspecified atom stereocenters. The average Bonchev–Trinajstić information content (AvgIpc) is 2.29. The van der Waals surface area contributed by atoms with E-state index in [1.54, 1.807) is 0 Å². The first-order valence-electron chi connectivity index (χ1n) is 5.18. The van der Waals surface area contributed by atoms with Gasteiger partial charge in [-0.3, -0.25) is 14.9 Å². The molecule has 1 rings (SSSR count). The number of nitrogens with one attached hydrogen (secondary N) is 3. The lowest BCUT2D eigenvalue weighted by Crippen LogP contribution is -2.59. The zero-order chi connectivity index (χ0) is 12.8. The van der Waals surface area contributed by atoms with Crippen molar-refractivity contribution in [3.05, 3.63) is 12.7 Å². The fraction of sp³-hybridized carbons (Fsp3) is 0.500. The fourth-order valence-corrected chi connectivity index (χ4v) is 1.41. The molecular formula is C10H15N3O4. The van der Waals surface area contributed by atoms with Crippen molar-refractivity contribution >= 4 is 17.8 Å². The second-order valence-electron chi connectivity index (χ2n) is 3.66. The molecular weight excluding hydrogens is 226 g/mol. The summed E-state index contributed by atoms with van der Waals surface area (Å²) >= 11 is 0. The molecule has 0 aromatic rings. The monoisotopic (exact) mass is 241 g/mol. The van der Waals surface area contributed by atoms with Gasteiger partial charge in [-0.15, -0.1) is 6.58 Å². The Morgan fingerprint density at radius 3 is 2.82 bits per heavy atom. The van der Waals surface area contributed by atoms with Crippen LogP contribution in [0.4, 0.5) is 0 Å². The maximum Gasteiger partial charge on any atom is 0.326 e. The Hall–Kier alpha value is -1.89. The van der Waals surface area contributed by atoms with Crippen molar-refractivity contribution in [2.45, 2.75) is 18.5 Å². The summed E-state index contributed by atoms with van der Waals surface area (Å²) in [5.74, 6) is -1.74. The third-order valence-corrected chi connectivity index (χ3v) is 2.35. The van der Waals surface area contributed by atoms with Crippen LogP contribution in [0.5, 0.6) is 0 Å². The van der Waals surface area contributed by atoms with E-state index in [2.05, 4.69) is 22.5 Å². The standard InChI is InChI=1S/C10H15N3O4/c1-2-3-6(10(16)17)13-9(15)7-4-12-8(14)5-11-7/h2,6-7,11H,1,3-5H2,(H,12,14)(H,13,15)(H,16,17). The normalized spacial score (nSPS) is 21.2. The third-order valence-electron chi connectivity index (χ3n) is 2.35. The van der Waals surface area contributed by atoms with Crippen LogP contribution in [0.3, 0.4) is 0 Å². The van der Waals surface area contributed by atoms with E-state index >= 15 is 0 Å². The zero-order valence-corrected chi connectivity index (χ0v) is 9.23. The number of rotatable bonds is 5. The quantitative estimate of drug-likeness (QED) is 0.426. The van der Waals surface area contributed by atoms with Crippen LogP contribution in [-0.4, -0.2) is 48.1 Å². The second kappa shape index (κ2) is 6.00. The second-order valence-corrected chi connectivity index (χ2v) is 3.66. The highest BCUT2D eigenvalue weighted by Crippen LogP contribution is 1.96. The lowest BCUT2D eigenvalue weighted by atomic mass is 10.1. The number of carboxylic acid groups (broad SMARTS) is 1. The smallest absolute Gasteiger partial charge is 0.326 e. The molecule has 1 aliphatic heterocycles. The lowest BCUT2D eigenvalue weighted by molar-refractivity contribution is -0.142. The molecule has 7 nitrogen and oxygen atoms in total. The minimum atomic E-state index is -1.11. The van der Waals surface area contributed by atoms with Crippen LogP contribution in [0.1, 0.15) is 6.42 Å². The van der Waals surface area contributed by atoms with Crippen molar-refractivity contribution in [3.8, 4) is 0 Å². The maximum atomic E-state index is 11.7. The summed E-state index contributed by atoms with van der Waals surface area (Å²) in [5, 5.41) is 16.4. The van der Waals surface area contributed by atoms with Crippen molar-refractivity contribution in [3.63, 3.8) is 0 Å². The molecule has 0 aromatic carbocycles. The van der Waals surface area contributed by atoms with Crippen LogP contribution in [-0.2, 0) is 14.4 Å². The van der Waals surface area contributed by atoms with E-state index in [1.165, 1.54) is 6.08 Å². The third kappa shape index (κ3) is 3.87. The van der Waals surface area contributed by atoms with E-state index in [0.717, 1.165) is 0 Å². The van der Waals surface area contributed by atoms with E-state index < -0.39 is 24.0 Å². The molecule has 0 bridgehead atoms. The predicted octanol–water partition coefficient (Wildman–Crippen LogP) is -1.78. The molecule has 7 heteroatoms. The Kier molecular flexibility index (Phi) is 4.65. The summed E-state index contributed by atoms with van der Waals surface area (Å²) < 4.78 is 0. The van der Waals surface area contributed by atoms with Gasteiger partial charge >= 0.3 is 5.97 Å².